The summed E-state index contributed by atoms with van der Waals surface area (Å²) >= 11 is 0. The van der Waals surface area contributed by atoms with Crippen molar-refractivity contribution in [2.75, 3.05) is 0 Å². The molecule has 4 fully saturated rings. The van der Waals surface area contributed by atoms with Gasteiger partial charge in [-0.2, -0.15) is 10.2 Å². The lowest BCUT2D eigenvalue weighted by Gasteiger charge is -2.56. The van der Waals surface area contributed by atoms with Gasteiger partial charge >= 0.3 is 0 Å². The number of hydrogen-bond donors (Lipinski definition) is 1. The highest BCUT2D eigenvalue weighted by atomic mass is 16.2. The SMILES string of the molecule is CCCn1nc(C(=O)N/N=C(/C)C23CC4CC(CC(C4)C2)C3)c2ccccc2c1=O. The maximum absolute atomic E-state index is 13.1. The van der Waals surface area contributed by atoms with Gasteiger partial charge in [-0.25, -0.2) is 10.1 Å². The Balaban J connectivity index is 1.44. The molecule has 0 radical (unpaired) electrons. The molecular formula is C24H30N4O2. The van der Waals surface area contributed by atoms with Gasteiger partial charge in [0.25, 0.3) is 11.5 Å². The molecule has 2 aromatic rings. The summed E-state index contributed by atoms with van der Waals surface area (Å²) in [5, 5.41) is 10.1. The zero-order valence-electron chi connectivity index (χ0n) is 17.9. The van der Waals surface area contributed by atoms with Crippen molar-refractivity contribution in [1.82, 2.24) is 15.2 Å². The summed E-state index contributed by atoms with van der Waals surface area (Å²) in [5.41, 5.74) is 4.11. The van der Waals surface area contributed by atoms with Gasteiger partial charge in [0.2, 0.25) is 0 Å². The fourth-order valence-corrected chi connectivity index (χ4v) is 6.63. The second kappa shape index (κ2) is 7.33. The molecule has 30 heavy (non-hydrogen) atoms. The number of carbonyl (C=O) groups excluding carboxylic acids is 1. The van der Waals surface area contributed by atoms with Crippen LogP contribution < -0.4 is 11.0 Å². The number of hydrazone groups is 1. The first-order chi connectivity index (χ1) is 14.5. The Kier molecular flexibility index (Phi) is 4.75. The molecule has 0 unspecified atom stereocenters. The molecule has 4 saturated carbocycles. The molecular weight excluding hydrogens is 376 g/mol. The van der Waals surface area contributed by atoms with Crippen LogP contribution in [-0.4, -0.2) is 21.4 Å². The van der Waals surface area contributed by atoms with Crippen LogP contribution in [0.3, 0.4) is 0 Å². The van der Waals surface area contributed by atoms with Crippen LogP contribution in [0.15, 0.2) is 34.2 Å². The second-order valence-electron chi connectivity index (χ2n) is 9.76. The second-order valence-corrected chi connectivity index (χ2v) is 9.76. The predicted octanol–water partition coefficient (Wildman–Crippen LogP) is 4.13. The molecule has 1 amide bonds. The van der Waals surface area contributed by atoms with Crippen molar-refractivity contribution in [2.24, 2.45) is 28.3 Å². The van der Waals surface area contributed by atoms with Crippen LogP contribution >= 0.6 is 0 Å². The van der Waals surface area contributed by atoms with Crippen molar-refractivity contribution in [3.63, 3.8) is 0 Å². The average Bonchev–Trinajstić information content (AvgIpc) is 2.73. The van der Waals surface area contributed by atoms with Gasteiger partial charge in [-0.05, 0) is 75.7 Å². The summed E-state index contributed by atoms with van der Waals surface area (Å²) in [6, 6.07) is 7.18. The molecule has 6 nitrogen and oxygen atoms in total. The van der Waals surface area contributed by atoms with Crippen LogP contribution in [0.4, 0.5) is 0 Å². The quantitative estimate of drug-likeness (QED) is 0.599. The molecule has 158 valence electrons. The van der Waals surface area contributed by atoms with Crippen molar-refractivity contribution < 1.29 is 4.79 Å². The summed E-state index contributed by atoms with van der Waals surface area (Å²) < 4.78 is 1.40. The normalized spacial score (nSPS) is 30.1. The van der Waals surface area contributed by atoms with Gasteiger partial charge in [0, 0.05) is 23.1 Å². The highest BCUT2D eigenvalue weighted by molar-refractivity contribution is 6.05. The van der Waals surface area contributed by atoms with Gasteiger partial charge in [-0.3, -0.25) is 9.59 Å². The summed E-state index contributed by atoms with van der Waals surface area (Å²) in [5.74, 6) is 2.15. The van der Waals surface area contributed by atoms with Crippen molar-refractivity contribution in [3.05, 3.63) is 40.3 Å². The third kappa shape index (κ3) is 3.17. The van der Waals surface area contributed by atoms with Crippen molar-refractivity contribution in [2.45, 2.75) is 65.3 Å². The number of benzene rings is 1. The molecule has 6 heteroatoms. The summed E-state index contributed by atoms with van der Waals surface area (Å²) in [6.07, 6.45) is 8.57. The Labute approximate surface area is 176 Å². The van der Waals surface area contributed by atoms with E-state index in [2.05, 4.69) is 22.5 Å². The minimum Gasteiger partial charge on any atom is -0.267 e. The predicted molar refractivity (Wildman–Crippen MR) is 117 cm³/mol. The molecule has 0 aliphatic heterocycles. The van der Waals surface area contributed by atoms with Crippen molar-refractivity contribution in [1.29, 1.82) is 0 Å². The molecule has 4 aliphatic rings. The number of nitrogens with one attached hydrogen (secondary N) is 1. The number of hydrogen-bond acceptors (Lipinski definition) is 4. The molecule has 6 rings (SSSR count). The molecule has 1 N–H and O–H groups in total. The molecule has 1 aromatic heterocycles. The van der Waals surface area contributed by atoms with E-state index in [1.165, 1.54) is 43.2 Å². The Morgan fingerprint density at radius 1 is 1.13 bits per heavy atom. The number of nitrogens with zero attached hydrogens (tertiary/aromatic N) is 3. The highest BCUT2D eigenvalue weighted by Crippen LogP contribution is 2.60. The van der Waals surface area contributed by atoms with Crippen LogP contribution in [0, 0.1) is 23.2 Å². The van der Waals surface area contributed by atoms with E-state index in [0.29, 0.717) is 17.3 Å². The van der Waals surface area contributed by atoms with Crippen LogP contribution in [0.1, 0.15) is 69.3 Å². The fraction of sp³-hybridized carbons (Fsp3) is 0.583. The molecule has 0 atom stereocenters. The average molecular weight is 407 g/mol. The van der Waals surface area contributed by atoms with E-state index < -0.39 is 0 Å². The number of fused-ring (bicyclic) bond motifs is 1. The zero-order chi connectivity index (χ0) is 20.9. The first-order valence-corrected chi connectivity index (χ1v) is 11.3. The molecule has 0 saturated heterocycles. The minimum atomic E-state index is -0.347. The first kappa shape index (κ1) is 19.5. The van der Waals surface area contributed by atoms with E-state index in [-0.39, 0.29) is 22.6 Å². The number of aryl methyl sites for hydroxylation is 1. The van der Waals surface area contributed by atoms with E-state index in [1.807, 2.05) is 19.1 Å². The fourth-order valence-electron chi connectivity index (χ4n) is 6.63. The lowest BCUT2D eigenvalue weighted by molar-refractivity contribution is -0.0128. The van der Waals surface area contributed by atoms with Gasteiger partial charge in [0.05, 0.1) is 5.39 Å². The number of rotatable bonds is 5. The molecule has 1 aromatic carbocycles. The van der Waals surface area contributed by atoms with Gasteiger partial charge in [-0.15, -0.1) is 0 Å². The number of amides is 1. The molecule has 1 heterocycles. The maximum atomic E-state index is 13.1. The molecule has 0 spiro atoms. The Morgan fingerprint density at radius 3 is 2.33 bits per heavy atom. The van der Waals surface area contributed by atoms with E-state index in [0.717, 1.165) is 29.9 Å². The van der Waals surface area contributed by atoms with Crippen LogP contribution in [0.2, 0.25) is 0 Å². The van der Waals surface area contributed by atoms with Gasteiger partial charge < -0.3 is 0 Å². The van der Waals surface area contributed by atoms with Crippen LogP contribution in [-0.2, 0) is 6.54 Å². The minimum absolute atomic E-state index is 0.155. The zero-order valence-corrected chi connectivity index (χ0v) is 17.9. The summed E-state index contributed by atoms with van der Waals surface area (Å²) in [4.78, 5) is 25.7. The lowest BCUT2D eigenvalue weighted by Crippen LogP contribution is -2.49. The van der Waals surface area contributed by atoms with Crippen LogP contribution in [0.5, 0.6) is 0 Å². The van der Waals surface area contributed by atoms with Gasteiger partial charge in [0.1, 0.15) is 0 Å². The largest absolute Gasteiger partial charge is 0.292 e. The monoisotopic (exact) mass is 406 g/mol. The van der Waals surface area contributed by atoms with E-state index in [9.17, 15) is 9.59 Å². The summed E-state index contributed by atoms with van der Waals surface area (Å²) in [6.45, 7) is 4.55. The summed E-state index contributed by atoms with van der Waals surface area (Å²) in [7, 11) is 0. The van der Waals surface area contributed by atoms with Crippen molar-refractivity contribution in [3.8, 4) is 0 Å². The van der Waals surface area contributed by atoms with E-state index in [4.69, 9.17) is 0 Å². The van der Waals surface area contributed by atoms with E-state index in [1.54, 1.807) is 12.1 Å². The Bertz CT molecular complexity index is 1050. The number of carbonyl (C=O) groups is 1. The Hall–Kier alpha value is -2.50. The van der Waals surface area contributed by atoms with Gasteiger partial charge in [-0.1, -0.05) is 25.1 Å². The smallest absolute Gasteiger partial charge is 0.267 e. The highest BCUT2D eigenvalue weighted by Gasteiger charge is 2.52. The van der Waals surface area contributed by atoms with Gasteiger partial charge in [0.15, 0.2) is 5.69 Å². The first-order valence-electron chi connectivity index (χ1n) is 11.3. The maximum Gasteiger partial charge on any atom is 0.292 e. The third-order valence-corrected chi connectivity index (χ3v) is 7.65. The van der Waals surface area contributed by atoms with Crippen molar-refractivity contribution >= 4 is 22.4 Å². The lowest BCUT2D eigenvalue weighted by atomic mass is 9.48. The third-order valence-electron chi connectivity index (χ3n) is 7.65. The number of aromatic nitrogens is 2. The van der Waals surface area contributed by atoms with E-state index >= 15 is 0 Å². The van der Waals surface area contributed by atoms with Crippen LogP contribution in [0.25, 0.3) is 10.8 Å². The standard InChI is InChI=1S/C24H30N4O2/c1-3-8-28-23(30)20-7-5-4-6-19(20)21(27-28)22(29)26-25-15(2)24-12-16-9-17(13-24)11-18(10-16)14-24/h4-7,16-18H,3,8-14H2,1-2H3,(H,26,29)/b25-15-. The molecule has 4 aliphatic carbocycles. The topological polar surface area (TPSA) is 76.3 Å². The Morgan fingerprint density at radius 2 is 1.73 bits per heavy atom. The molecule has 4 bridgehead atoms.